The lowest BCUT2D eigenvalue weighted by Crippen LogP contribution is -2.48. The predicted octanol–water partition coefficient (Wildman–Crippen LogP) is 3.80. The highest BCUT2D eigenvalue weighted by Gasteiger charge is 2.19. The number of nitrogens with one attached hydrogen (secondary N) is 1. The van der Waals surface area contributed by atoms with Crippen LogP contribution < -0.4 is 10.2 Å². The van der Waals surface area contributed by atoms with Crippen molar-refractivity contribution in [2.45, 2.75) is 19.6 Å². The van der Waals surface area contributed by atoms with Crippen LogP contribution in [0.2, 0.25) is 5.02 Å². The fourth-order valence-electron chi connectivity index (χ4n) is 4.12. The molecule has 7 nitrogen and oxygen atoms in total. The number of benzene rings is 2. The van der Waals surface area contributed by atoms with Crippen LogP contribution in [0.4, 0.5) is 5.69 Å². The first-order chi connectivity index (χ1) is 16.9. The van der Waals surface area contributed by atoms with Crippen molar-refractivity contribution in [2.75, 3.05) is 49.9 Å². The Balaban J connectivity index is 1.18. The third kappa shape index (κ3) is 7.16. The monoisotopic (exact) mass is 514 g/mol. The third-order valence-corrected chi connectivity index (χ3v) is 7.46. The highest BCUT2D eigenvalue weighted by molar-refractivity contribution is 7.84. The summed E-state index contributed by atoms with van der Waals surface area (Å²) in [4.78, 5) is 21.5. The Morgan fingerprint density at radius 2 is 1.89 bits per heavy atom. The molecule has 0 bridgehead atoms. The average molecular weight is 515 g/mol. The largest absolute Gasteiger partial charge is 0.441 e. The van der Waals surface area contributed by atoms with E-state index in [1.165, 1.54) is 0 Å². The summed E-state index contributed by atoms with van der Waals surface area (Å²) in [5.74, 6) is 1.08. The summed E-state index contributed by atoms with van der Waals surface area (Å²) in [6, 6.07) is 15.8. The highest BCUT2D eigenvalue weighted by Crippen LogP contribution is 2.23. The molecule has 2 aromatic carbocycles. The summed E-state index contributed by atoms with van der Waals surface area (Å²) >= 11 is 6.10. The van der Waals surface area contributed by atoms with Gasteiger partial charge in [0.1, 0.15) is 11.5 Å². The van der Waals surface area contributed by atoms with Gasteiger partial charge in [0.2, 0.25) is 11.8 Å². The van der Waals surface area contributed by atoms with E-state index in [2.05, 4.69) is 26.2 Å². The molecule has 0 saturated carbocycles. The maximum atomic E-state index is 12.6. The lowest BCUT2D eigenvalue weighted by Gasteiger charge is -2.36. The maximum absolute atomic E-state index is 12.6. The number of hydrogen-bond donors (Lipinski definition) is 1. The van der Waals surface area contributed by atoms with Gasteiger partial charge < -0.3 is 14.6 Å². The number of aromatic nitrogens is 1. The fourth-order valence-corrected chi connectivity index (χ4v) is 5.37. The van der Waals surface area contributed by atoms with Crippen molar-refractivity contribution in [3.05, 3.63) is 70.6 Å². The Morgan fingerprint density at radius 3 is 2.63 bits per heavy atom. The van der Waals surface area contributed by atoms with E-state index >= 15 is 0 Å². The average Bonchev–Trinajstić information content (AvgIpc) is 3.19. The van der Waals surface area contributed by atoms with Gasteiger partial charge in [-0.1, -0.05) is 35.4 Å². The van der Waals surface area contributed by atoms with Gasteiger partial charge in [0.15, 0.2) is 0 Å². The van der Waals surface area contributed by atoms with Crippen molar-refractivity contribution in [3.8, 4) is 11.5 Å². The summed E-state index contributed by atoms with van der Waals surface area (Å²) in [7, 11) is -1.36. The van der Waals surface area contributed by atoms with Gasteiger partial charge in [0, 0.05) is 66.3 Å². The van der Waals surface area contributed by atoms with E-state index in [9.17, 15) is 9.00 Å². The molecule has 1 fully saturated rings. The topological polar surface area (TPSA) is 78.7 Å². The zero-order chi connectivity index (χ0) is 24.8. The molecule has 2 heterocycles. The molecule has 1 amide bonds. The number of anilines is 1. The number of nitrogens with zero attached hydrogens (tertiary/aromatic N) is 3. The molecule has 35 heavy (non-hydrogen) atoms. The Labute approximate surface area is 213 Å². The number of carbonyl (C=O) groups excluding carboxylic acids is 1. The second-order valence-corrected chi connectivity index (χ2v) is 10.7. The molecule has 1 saturated heterocycles. The molecular formula is C26H31ClN4O3S. The SMILES string of the molecule is Cc1cccc(-c2nc(C[S@@](=O)CC(=O)NCCN3CCN(c4cccc(Cl)c4)CC3)c(C)o2)c1. The molecule has 3 aromatic rings. The molecule has 1 aromatic heterocycles. The van der Waals surface area contributed by atoms with Crippen molar-refractivity contribution < 1.29 is 13.4 Å². The first-order valence-corrected chi connectivity index (χ1v) is 13.6. The standard InChI is InChI=1S/C26H31ClN4O3S/c1-19-5-3-6-21(15-19)26-29-24(20(2)34-26)17-35(33)18-25(32)28-9-10-30-11-13-31(14-12-30)23-8-4-7-22(27)16-23/h3-8,15-16H,9-14,17-18H2,1-2H3,(H,28,32)/t35-/m1/s1. The fraction of sp³-hybridized carbons (Fsp3) is 0.385. The summed E-state index contributed by atoms with van der Waals surface area (Å²) in [6.45, 7) is 8.80. The number of hydrogen-bond acceptors (Lipinski definition) is 6. The summed E-state index contributed by atoms with van der Waals surface area (Å²) in [5, 5.41) is 3.65. The summed E-state index contributed by atoms with van der Waals surface area (Å²) in [6.07, 6.45) is 0. The quantitative estimate of drug-likeness (QED) is 0.468. The van der Waals surface area contributed by atoms with Gasteiger partial charge in [0.25, 0.3) is 0 Å². The number of rotatable bonds is 9. The van der Waals surface area contributed by atoms with E-state index in [0.717, 1.165) is 54.6 Å². The molecule has 1 N–H and O–H groups in total. The van der Waals surface area contributed by atoms with Crippen LogP contribution in [0.15, 0.2) is 52.9 Å². The minimum atomic E-state index is -1.36. The second-order valence-electron chi connectivity index (χ2n) is 8.78. The Morgan fingerprint density at radius 1 is 1.11 bits per heavy atom. The molecule has 186 valence electrons. The maximum Gasteiger partial charge on any atom is 0.232 e. The molecule has 1 atom stereocenters. The summed E-state index contributed by atoms with van der Waals surface area (Å²) in [5.41, 5.74) is 3.77. The molecule has 4 rings (SSSR count). The number of oxazole rings is 1. The van der Waals surface area contributed by atoms with E-state index in [4.69, 9.17) is 16.0 Å². The molecule has 9 heteroatoms. The van der Waals surface area contributed by atoms with Gasteiger partial charge in [-0.15, -0.1) is 0 Å². The molecule has 0 aliphatic carbocycles. The van der Waals surface area contributed by atoms with Crippen LogP contribution in [0, 0.1) is 13.8 Å². The normalized spacial score (nSPS) is 15.2. The molecule has 1 aliphatic rings. The van der Waals surface area contributed by atoms with Crippen LogP contribution in [0.1, 0.15) is 17.0 Å². The Hall–Kier alpha value is -2.68. The second kappa shape index (κ2) is 11.8. The van der Waals surface area contributed by atoms with E-state index < -0.39 is 10.8 Å². The predicted molar refractivity (Wildman–Crippen MR) is 141 cm³/mol. The molecule has 1 aliphatic heterocycles. The number of amides is 1. The van der Waals surface area contributed by atoms with Crippen molar-refractivity contribution in [2.24, 2.45) is 0 Å². The van der Waals surface area contributed by atoms with Crippen molar-refractivity contribution >= 4 is 34.0 Å². The van der Waals surface area contributed by atoms with Crippen molar-refractivity contribution in [3.63, 3.8) is 0 Å². The van der Waals surface area contributed by atoms with Gasteiger partial charge in [-0.05, 0) is 44.2 Å². The first kappa shape index (κ1) is 25.4. The Kier molecular flexibility index (Phi) is 8.59. The van der Waals surface area contributed by atoms with Gasteiger partial charge in [-0.3, -0.25) is 13.9 Å². The molecule has 0 unspecified atom stereocenters. The smallest absolute Gasteiger partial charge is 0.232 e. The molecular weight excluding hydrogens is 484 g/mol. The number of carbonyl (C=O) groups is 1. The van der Waals surface area contributed by atoms with Gasteiger partial charge in [-0.25, -0.2) is 4.98 Å². The minimum absolute atomic E-state index is 0.0470. The van der Waals surface area contributed by atoms with E-state index in [0.29, 0.717) is 23.9 Å². The Bertz CT molecular complexity index is 1190. The summed E-state index contributed by atoms with van der Waals surface area (Å²) < 4.78 is 18.4. The lowest BCUT2D eigenvalue weighted by molar-refractivity contribution is -0.118. The van der Waals surface area contributed by atoms with Crippen molar-refractivity contribution in [1.82, 2.24) is 15.2 Å². The molecule has 0 spiro atoms. The molecule has 0 radical (unpaired) electrons. The van der Waals surface area contributed by atoms with Crippen LogP contribution in [-0.2, 0) is 21.3 Å². The first-order valence-electron chi connectivity index (χ1n) is 11.8. The van der Waals surface area contributed by atoms with Gasteiger partial charge in [0.05, 0.1) is 11.4 Å². The van der Waals surface area contributed by atoms with E-state index in [-0.39, 0.29) is 17.4 Å². The van der Waals surface area contributed by atoms with Gasteiger partial charge in [-0.2, -0.15) is 0 Å². The van der Waals surface area contributed by atoms with E-state index in [1.54, 1.807) is 0 Å². The van der Waals surface area contributed by atoms with Gasteiger partial charge >= 0.3 is 0 Å². The highest BCUT2D eigenvalue weighted by atomic mass is 35.5. The number of aryl methyl sites for hydroxylation is 2. The van der Waals surface area contributed by atoms with Crippen LogP contribution in [-0.4, -0.2) is 65.0 Å². The number of halogens is 1. The van der Waals surface area contributed by atoms with Crippen molar-refractivity contribution in [1.29, 1.82) is 0 Å². The van der Waals surface area contributed by atoms with Crippen LogP contribution in [0.5, 0.6) is 0 Å². The van der Waals surface area contributed by atoms with Crippen LogP contribution >= 0.6 is 11.6 Å². The third-order valence-electron chi connectivity index (χ3n) is 6.04. The zero-order valence-electron chi connectivity index (χ0n) is 20.1. The minimum Gasteiger partial charge on any atom is -0.441 e. The van der Waals surface area contributed by atoms with E-state index in [1.807, 2.05) is 56.3 Å². The number of piperazine rings is 1. The van der Waals surface area contributed by atoms with Crippen LogP contribution in [0.3, 0.4) is 0 Å². The lowest BCUT2D eigenvalue weighted by atomic mass is 10.1. The van der Waals surface area contributed by atoms with Crippen LogP contribution in [0.25, 0.3) is 11.5 Å². The zero-order valence-corrected chi connectivity index (χ0v) is 21.7.